The van der Waals surface area contributed by atoms with Crippen molar-refractivity contribution in [2.75, 3.05) is 7.11 Å². The Morgan fingerprint density at radius 1 is 1.10 bits per heavy atom. The van der Waals surface area contributed by atoms with Crippen molar-refractivity contribution in [1.82, 2.24) is 29.3 Å². The number of aryl methyl sites for hydroxylation is 1. The second kappa shape index (κ2) is 11.5. The van der Waals surface area contributed by atoms with Crippen molar-refractivity contribution < 1.29 is 47.0 Å². The molecule has 3 aromatic heterocycles. The first-order chi connectivity index (χ1) is 19.5. The summed E-state index contributed by atoms with van der Waals surface area (Å²) in [5.74, 6) is -3.70. The molecule has 0 bridgehead atoms. The van der Waals surface area contributed by atoms with Crippen LogP contribution in [0.5, 0.6) is 11.6 Å². The summed E-state index contributed by atoms with van der Waals surface area (Å²) < 4.78 is 65.4. The lowest BCUT2D eigenvalue weighted by molar-refractivity contribution is -0.137. The maximum atomic E-state index is 13.9. The van der Waals surface area contributed by atoms with Gasteiger partial charge in [0.1, 0.15) is 22.7 Å². The van der Waals surface area contributed by atoms with Crippen molar-refractivity contribution >= 4 is 7.82 Å². The Kier molecular flexibility index (Phi) is 8.49. The Bertz CT molecular complexity index is 1620. The highest BCUT2D eigenvalue weighted by molar-refractivity contribution is 7.45. The first-order valence-corrected chi connectivity index (χ1v) is 13.9. The summed E-state index contributed by atoms with van der Waals surface area (Å²) in [6.45, 7) is 5.38. The fraction of sp³-hybridized carbons (Fsp3) is 0.360. The molecular weight excluding hydrogens is 584 g/mol. The van der Waals surface area contributed by atoms with Crippen molar-refractivity contribution in [3.05, 3.63) is 65.8 Å². The van der Waals surface area contributed by atoms with Crippen molar-refractivity contribution in [3.63, 3.8) is 0 Å². The predicted octanol–water partition coefficient (Wildman–Crippen LogP) is 3.17. The van der Waals surface area contributed by atoms with Crippen LogP contribution in [-0.2, 0) is 16.7 Å². The number of halogens is 3. The van der Waals surface area contributed by atoms with Crippen molar-refractivity contribution in [3.8, 4) is 28.8 Å². The molecule has 0 spiro atoms. The summed E-state index contributed by atoms with van der Waals surface area (Å²) in [5.41, 5.74) is -1.13. The van der Waals surface area contributed by atoms with E-state index in [-0.39, 0.29) is 18.0 Å². The fourth-order valence-corrected chi connectivity index (χ4v) is 4.65. The lowest BCUT2D eigenvalue weighted by Gasteiger charge is -2.44. The van der Waals surface area contributed by atoms with E-state index in [4.69, 9.17) is 28.7 Å². The Morgan fingerprint density at radius 2 is 1.74 bits per heavy atom. The minimum Gasteiger partial charge on any atom is -0.479 e. The van der Waals surface area contributed by atoms with Gasteiger partial charge in [-0.2, -0.15) is 0 Å². The molecule has 1 aromatic carbocycles. The van der Waals surface area contributed by atoms with Crippen molar-refractivity contribution in [1.29, 1.82) is 0 Å². The average molecular weight is 613 g/mol. The van der Waals surface area contributed by atoms with Gasteiger partial charge in [-0.15, -0.1) is 10.2 Å². The second-order valence-electron chi connectivity index (χ2n) is 9.95. The molecule has 0 fully saturated rings. The number of fused-ring (bicyclic) bond motifs is 1. The van der Waals surface area contributed by atoms with E-state index >= 15 is 0 Å². The maximum absolute atomic E-state index is 13.9. The van der Waals surface area contributed by atoms with E-state index in [1.165, 1.54) is 21.0 Å². The summed E-state index contributed by atoms with van der Waals surface area (Å²) in [6.07, 6.45) is 4.29. The number of pyridine rings is 1. The number of imidazole rings is 1. The molecule has 0 saturated carbocycles. The van der Waals surface area contributed by atoms with Crippen LogP contribution in [0.2, 0.25) is 0 Å². The van der Waals surface area contributed by atoms with Crippen LogP contribution in [-0.4, -0.2) is 61.8 Å². The highest BCUT2D eigenvalue weighted by Crippen LogP contribution is 2.45. The first-order valence-electron chi connectivity index (χ1n) is 12.4. The first kappa shape index (κ1) is 31.1. The summed E-state index contributed by atoms with van der Waals surface area (Å²) in [4.78, 5) is 30.4. The number of nitrogens with zero attached hydrogens (tertiary/aromatic N) is 6. The van der Waals surface area contributed by atoms with Gasteiger partial charge < -0.3 is 38.4 Å². The van der Waals surface area contributed by atoms with Gasteiger partial charge in [-0.1, -0.05) is 0 Å². The largest absolute Gasteiger partial charge is 0.479 e. The fourth-order valence-electron chi connectivity index (χ4n) is 4.65. The van der Waals surface area contributed by atoms with Crippen LogP contribution >= 0.6 is 7.82 Å². The normalized spacial score (nSPS) is 16.8. The second-order valence-corrected chi connectivity index (χ2v) is 11.0. The Labute approximate surface area is 237 Å². The van der Waals surface area contributed by atoms with Gasteiger partial charge in [0.25, 0.3) is 0 Å². The molecular formula is C25H28F3N6O7P. The Hall–Kier alpha value is -3.82. The number of ether oxygens (including phenoxy) is 2. The highest BCUT2D eigenvalue weighted by atomic mass is 31.2. The zero-order chi connectivity index (χ0) is 31.0. The minimum absolute atomic E-state index is 0.251. The molecule has 1 aliphatic heterocycles. The summed E-state index contributed by atoms with van der Waals surface area (Å²) in [5, 5.41) is 19.9. The third kappa shape index (κ3) is 6.32. The van der Waals surface area contributed by atoms with Crippen LogP contribution in [0.1, 0.15) is 38.2 Å². The molecule has 0 aliphatic carbocycles. The van der Waals surface area contributed by atoms with E-state index in [1.54, 1.807) is 21.5 Å². The molecule has 0 unspecified atom stereocenters. The van der Waals surface area contributed by atoms with Gasteiger partial charge in [0.2, 0.25) is 5.88 Å². The molecule has 0 radical (unpaired) electrons. The summed E-state index contributed by atoms with van der Waals surface area (Å²) in [6, 6.07) is 5.06. The van der Waals surface area contributed by atoms with E-state index < -0.39 is 36.5 Å². The molecule has 1 atom stereocenters. The zero-order valence-corrected chi connectivity index (χ0v) is 23.8. The number of hydrogen-bond donors (Lipinski definition) is 4. The lowest BCUT2D eigenvalue weighted by atomic mass is 9.79. The maximum Gasteiger partial charge on any atom is 0.466 e. The zero-order valence-electron chi connectivity index (χ0n) is 22.9. The van der Waals surface area contributed by atoms with Crippen LogP contribution in [0.3, 0.4) is 0 Å². The number of hydrogen-bond acceptors (Lipinski definition) is 8. The monoisotopic (exact) mass is 612 g/mol. The van der Waals surface area contributed by atoms with Crippen LogP contribution in [0.4, 0.5) is 13.2 Å². The van der Waals surface area contributed by atoms with Gasteiger partial charge in [-0.3, -0.25) is 0 Å². The van der Waals surface area contributed by atoms with Gasteiger partial charge >= 0.3 is 7.82 Å². The number of rotatable bonds is 6. The average Bonchev–Trinajstić information content (AvgIpc) is 3.52. The molecule has 5 rings (SSSR count). The van der Waals surface area contributed by atoms with Gasteiger partial charge in [0, 0.05) is 24.9 Å². The van der Waals surface area contributed by atoms with Crippen molar-refractivity contribution in [2.24, 2.45) is 0 Å². The summed E-state index contributed by atoms with van der Waals surface area (Å²) in [7, 11) is -3.13. The van der Waals surface area contributed by atoms with Gasteiger partial charge in [0.05, 0.1) is 19.1 Å². The van der Waals surface area contributed by atoms with Crippen LogP contribution in [0.15, 0.2) is 36.8 Å². The number of aliphatic hydroxyl groups is 1. The third-order valence-corrected chi connectivity index (χ3v) is 6.51. The van der Waals surface area contributed by atoms with Crippen LogP contribution < -0.4 is 9.47 Å². The number of aromatic nitrogens is 6. The standard InChI is InChI=1S/C25H25F3N6O3.H3O4P/c1-14-12-33(13-29-14)19-7-6-18(30-22(19)36-4)21-31-32-23-25(24(2,3)35,8-5-9-34(21)23)37-15-10-16(26)20(28)17(27)11-15;1-5(2,3)4/h6-7,10-13,35H,5,8-9H2,1-4H3;(H3,1,2,3,4)/t25-;/m1./s1. The highest BCUT2D eigenvalue weighted by Gasteiger charge is 2.53. The predicted molar refractivity (Wildman–Crippen MR) is 140 cm³/mol. The van der Waals surface area contributed by atoms with Crippen LogP contribution in [0.25, 0.3) is 17.2 Å². The van der Waals surface area contributed by atoms with E-state index in [0.717, 1.165) is 17.8 Å². The topological polar surface area (TPSA) is 178 Å². The van der Waals surface area contributed by atoms with Gasteiger partial charge in [-0.05, 0) is 45.7 Å². The third-order valence-electron chi connectivity index (χ3n) is 6.51. The molecule has 4 N–H and O–H groups in total. The quantitative estimate of drug-likeness (QED) is 0.186. The van der Waals surface area contributed by atoms with E-state index in [2.05, 4.69) is 20.2 Å². The van der Waals surface area contributed by atoms with E-state index in [1.807, 2.05) is 19.2 Å². The molecule has 1 aliphatic rings. The van der Waals surface area contributed by atoms with E-state index in [9.17, 15) is 18.3 Å². The number of benzene rings is 1. The molecule has 4 aromatic rings. The van der Waals surface area contributed by atoms with Crippen molar-refractivity contribution in [2.45, 2.75) is 51.4 Å². The molecule has 0 amide bonds. The molecule has 0 saturated heterocycles. The molecule has 17 heteroatoms. The minimum atomic E-state index is -4.64. The van der Waals surface area contributed by atoms with E-state index in [0.29, 0.717) is 36.1 Å². The molecule has 13 nitrogen and oxygen atoms in total. The smallest absolute Gasteiger partial charge is 0.466 e. The summed E-state index contributed by atoms with van der Waals surface area (Å²) >= 11 is 0. The number of methoxy groups -OCH3 is 1. The number of phosphoric acid groups is 1. The van der Waals surface area contributed by atoms with Crippen LogP contribution in [0, 0.1) is 24.4 Å². The molecule has 4 heterocycles. The molecule has 226 valence electrons. The Balaban J connectivity index is 0.000000748. The molecule has 42 heavy (non-hydrogen) atoms. The SMILES string of the molecule is COc1nc(-c2nnc3n2CCC[C@]3(Oc2cc(F)c(F)c(F)c2)C(C)(C)O)ccc1-n1cnc(C)c1.O=P(O)(O)O. The lowest BCUT2D eigenvalue weighted by Crippen LogP contribution is -2.55. The van der Waals surface area contributed by atoms with Gasteiger partial charge in [0.15, 0.2) is 34.7 Å². The Morgan fingerprint density at radius 3 is 2.29 bits per heavy atom. The van der Waals surface area contributed by atoms with Gasteiger partial charge in [-0.25, -0.2) is 27.7 Å².